The lowest BCUT2D eigenvalue weighted by Crippen LogP contribution is -2.50. The molecule has 1 aliphatic heterocycles. The highest BCUT2D eigenvalue weighted by Crippen LogP contribution is 2.11. The number of carbonyl (C=O) groups is 2. The van der Waals surface area contributed by atoms with Crippen LogP contribution in [0, 0.1) is 0 Å². The van der Waals surface area contributed by atoms with E-state index in [4.69, 9.17) is 14.6 Å². The molecule has 0 aromatic heterocycles. The van der Waals surface area contributed by atoms with E-state index in [2.05, 4.69) is 5.32 Å². The van der Waals surface area contributed by atoms with Gasteiger partial charge >= 0.3 is 5.97 Å². The van der Waals surface area contributed by atoms with Crippen molar-refractivity contribution >= 4 is 11.9 Å². The van der Waals surface area contributed by atoms with Gasteiger partial charge in [0.1, 0.15) is 12.1 Å². The smallest absolute Gasteiger partial charge is 0.328 e. The second kappa shape index (κ2) is 5.97. The standard InChI is InChI=1S/C11H19NO5/c1-11(2,10(14)15)12-9(13)7-16-6-8-4-3-5-17-8/h8H,3-7H2,1-2H3,(H,12,13)(H,14,15). The molecule has 1 rings (SSSR count). The fourth-order valence-corrected chi connectivity index (χ4v) is 1.50. The van der Waals surface area contributed by atoms with Crippen molar-refractivity contribution in [3.63, 3.8) is 0 Å². The third kappa shape index (κ3) is 4.70. The van der Waals surface area contributed by atoms with E-state index in [1.54, 1.807) is 0 Å². The molecule has 1 unspecified atom stereocenters. The molecule has 1 aliphatic rings. The number of hydrogen-bond donors (Lipinski definition) is 2. The van der Waals surface area contributed by atoms with Gasteiger partial charge in [-0.1, -0.05) is 0 Å². The van der Waals surface area contributed by atoms with Gasteiger partial charge in [0, 0.05) is 6.61 Å². The molecule has 1 amide bonds. The largest absolute Gasteiger partial charge is 0.480 e. The van der Waals surface area contributed by atoms with Gasteiger partial charge in [-0.15, -0.1) is 0 Å². The first-order valence-corrected chi connectivity index (χ1v) is 5.65. The number of aliphatic carboxylic acids is 1. The molecule has 0 aliphatic carbocycles. The van der Waals surface area contributed by atoms with Crippen LogP contribution < -0.4 is 5.32 Å². The lowest BCUT2D eigenvalue weighted by molar-refractivity contribution is -0.147. The molecular weight excluding hydrogens is 226 g/mol. The molecule has 0 saturated carbocycles. The summed E-state index contributed by atoms with van der Waals surface area (Å²) in [6, 6.07) is 0. The number of nitrogens with one attached hydrogen (secondary N) is 1. The average Bonchev–Trinajstić information content (AvgIpc) is 2.69. The summed E-state index contributed by atoms with van der Waals surface area (Å²) in [7, 11) is 0. The SMILES string of the molecule is CC(C)(NC(=O)COCC1CCCO1)C(=O)O. The van der Waals surface area contributed by atoms with Crippen molar-refractivity contribution in [3.05, 3.63) is 0 Å². The van der Waals surface area contributed by atoms with Crippen LogP contribution in [0.3, 0.4) is 0 Å². The summed E-state index contributed by atoms with van der Waals surface area (Å²) in [6.45, 7) is 3.82. The molecule has 6 nitrogen and oxygen atoms in total. The highest BCUT2D eigenvalue weighted by Gasteiger charge is 2.28. The van der Waals surface area contributed by atoms with Crippen LogP contribution in [0.1, 0.15) is 26.7 Å². The highest BCUT2D eigenvalue weighted by molar-refractivity contribution is 5.86. The Labute approximate surface area is 100 Å². The van der Waals surface area contributed by atoms with Crippen molar-refractivity contribution in [2.75, 3.05) is 19.8 Å². The van der Waals surface area contributed by atoms with Gasteiger partial charge in [-0.3, -0.25) is 4.79 Å². The summed E-state index contributed by atoms with van der Waals surface area (Å²) in [5, 5.41) is 11.2. The first kappa shape index (κ1) is 13.9. The Hall–Kier alpha value is -1.14. The van der Waals surface area contributed by atoms with E-state index in [0.717, 1.165) is 19.4 Å². The molecule has 98 valence electrons. The predicted molar refractivity (Wildman–Crippen MR) is 59.7 cm³/mol. The monoisotopic (exact) mass is 245 g/mol. The third-order valence-electron chi connectivity index (χ3n) is 2.55. The Morgan fingerprint density at radius 3 is 2.76 bits per heavy atom. The van der Waals surface area contributed by atoms with Gasteiger partial charge in [0.2, 0.25) is 5.91 Å². The minimum Gasteiger partial charge on any atom is -0.480 e. The molecule has 6 heteroatoms. The Morgan fingerprint density at radius 2 is 2.24 bits per heavy atom. The van der Waals surface area contributed by atoms with E-state index in [1.807, 2.05) is 0 Å². The molecule has 2 N–H and O–H groups in total. The van der Waals surface area contributed by atoms with Crippen LogP contribution in [0.25, 0.3) is 0 Å². The van der Waals surface area contributed by atoms with Gasteiger partial charge in [0.25, 0.3) is 0 Å². The molecule has 1 atom stereocenters. The van der Waals surface area contributed by atoms with Crippen LogP contribution in [0.5, 0.6) is 0 Å². The van der Waals surface area contributed by atoms with E-state index < -0.39 is 17.4 Å². The number of rotatable bonds is 6. The topological polar surface area (TPSA) is 84.9 Å². The zero-order valence-corrected chi connectivity index (χ0v) is 10.2. The quantitative estimate of drug-likeness (QED) is 0.696. The Kier molecular flexibility index (Phi) is 4.89. The minimum atomic E-state index is -1.27. The van der Waals surface area contributed by atoms with Crippen molar-refractivity contribution in [1.82, 2.24) is 5.32 Å². The number of hydrogen-bond acceptors (Lipinski definition) is 4. The summed E-state index contributed by atoms with van der Waals surface area (Å²) in [5.74, 6) is -1.51. The maximum atomic E-state index is 11.4. The van der Waals surface area contributed by atoms with Gasteiger partial charge in [-0.2, -0.15) is 0 Å². The molecule has 1 saturated heterocycles. The van der Waals surface area contributed by atoms with Crippen molar-refractivity contribution < 1.29 is 24.2 Å². The maximum absolute atomic E-state index is 11.4. The van der Waals surface area contributed by atoms with Gasteiger partial charge in [0.15, 0.2) is 0 Å². The van der Waals surface area contributed by atoms with Gasteiger partial charge in [-0.25, -0.2) is 4.79 Å². The van der Waals surface area contributed by atoms with Crippen molar-refractivity contribution in [1.29, 1.82) is 0 Å². The minimum absolute atomic E-state index is 0.0651. The molecule has 0 bridgehead atoms. The number of carbonyl (C=O) groups excluding carboxylic acids is 1. The van der Waals surface area contributed by atoms with Crippen molar-refractivity contribution in [2.45, 2.75) is 38.3 Å². The highest BCUT2D eigenvalue weighted by atomic mass is 16.5. The van der Waals surface area contributed by atoms with Crippen LogP contribution in [0.2, 0.25) is 0 Å². The number of carboxylic acid groups (broad SMARTS) is 1. The van der Waals surface area contributed by atoms with E-state index in [9.17, 15) is 9.59 Å². The first-order chi connectivity index (χ1) is 7.92. The summed E-state index contributed by atoms with van der Waals surface area (Å²) in [4.78, 5) is 22.2. The molecule has 1 heterocycles. The first-order valence-electron chi connectivity index (χ1n) is 5.65. The lowest BCUT2D eigenvalue weighted by Gasteiger charge is -2.21. The molecule has 1 fully saturated rings. The summed E-state index contributed by atoms with van der Waals surface area (Å²) in [5.41, 5.74) is -1.27. The Bertz CT molecular complexity index is 284. The number of amides is 1. The molecule has 0 aromatic carbocycles. The van der Waals surface area contributed by atoms with Crippen LogP contribution in [0.4, 0.5) is 0 Å². The maximum Gasteiger partial charge on any atom is 0.328 e. The lowest BCUT2D eigenvalue weighted by atomic mass is 10.1. The van der Waals surface area contributed by atoms with E-state index in [-0.39, 0.29) is 12.7 Å². The number of carboxylic acids is 1. The number of ether oxygens (including phenoxy) is 2. The second-order valence-corrected chi connectivity index (χ2v) is 4.63. The Balaban J connectivity index is 2.18. The fraction of sp³-hybridized carbons (Fsp3) is 0.818. The van der Waals surface area contributed by atoms with Crippen LogP contribution in [-0.2, 0) is 19.1 Å². The average molecular weight is 245 g/mol. The third-order valence-corrected chi connectivity index (χ3v) is 2.55. The van der Waals surface area contributed by atoms with Crippen LogP contribution >= 0.6 is 0 Å². The zero-order valence-electron chi connectivity index (χ0n) is 10.2. The van der Waals surface area contributed by atoms with Gasteiger partial charge in [-0.05, 0) is 26.7 Å². The summed E-state index contributed by atoms with van der Waals surface area (Å²) >= 11 is 0. The molecule has 0 radical (unpaired) electrons. The fourth-order valence-electron chi connectivity index (χ4n) is 1.50. The molecular formula is C11H19NO5. The van der Waals surface area contributed by atoms with Gasteiger partial charge in [0.05, 0.1) is 12.7 Å². The van der Waals surface area contributed by atoms with Crippen molar-refractivity contribution in [3.8, 4) is 0 Å². The van der Waals surface area contributed by atoms with Gasteiger partial charge < -0.3 is 19.9 Å². The summed E-state index contributed by atoms with van der Waals surface area (Å²) < 4.78 is 10.5. The Morgan fingerprint density at radius 1 is 1.53 bits per heavy atom. The zero-order chi connectivity index (χ0) is 12.9. The molecule has 0 aromatic rings. The predicted octanol–water partition coefficient (Wildman–Crippen LogP) is 0.161. The van der Waals surface area contributed by atoms with E-state index >= 15 is 0 Å². The summed E-state index contributed by atoms with van der Waals surface area (Å²) in [6.07, 6.45) is 2.03. The van der Waals surface area contributed by atoms with Crippen LogP contribution in [0.15, 0.2) is 0 Å². The normalized spacial score (nSPS) is 20.2. The molecule has 0 spiro atoms. The van der Waals surface area contributed by atoms with Crippen LogP contribution in [-0.4, -0.2) is 48.4 Å². The second-order valence-electron chi connectivity index (χ2n) is 4.63. The van der Waals surface area contributed by atoms with Crippen molar-refractivity contribution in [2.24, 2.45) is 0 Å². The van der Waals surface area contributed by atoms with E-state index in [1.165, 1.54) is 13.8 Å². The van der Waals surface area contributed by atoms with E-state index in [0.29, 0.717) is 6.61 Å². The molecule has 17 heavy (non-hydrogen) atoms.